The summed E-state index contributed by atoms with van der Waals surface area (Å²) in [6, 6.07) is 2.53. The fourth-order valence-corrected chi connectivity index (χ4v) is 1.86. The van der Waals surface area contributed by atoms with E-state index in [9.17, 15) is 28.2 Å². The van der Waals surface area contributed by atoms with Gasteiger partial charge < -0.3 is 10.2 Å². The van der Waals surface area contributed by atoms with Crippen LogP contribution < -0.4 is 0 Å². The molecule has 2 N–H and O–H groups in total. The normalized spacial score (nSPS) is 15.1. The molecule has 0 aliphatic rings. The summed E-state index contributed by atoms with van der Waals surface area (Å²) >= 11 is 3.86. The van der Waals surface area contributed by atoms with E-state index >= 15 is 0 Å². The topological polar surface area (TPSA) is 57.5 Å². The lowest BCUT2D eigenvalue weighted by atomic mass is 9.98. The van der Waals surface area contributed by atoms with Crippen LogP contribution in [0.5, 0.6) is 0 Å². The van der Waals surface area contributed by atoms with Gasteiger partial charge in [0.1, 0.15) is 12.4 Å². The maximum atomic E-state index is 12.6. The standard InChI is InChI=1S/C12H13F3O3S/c13-12(14,15)9-4-7(6-16)3-8(5-9)11(18)10(17)1-2-19/h3-6,10-11,17-19H,1-2H2. The molecule has 0 radical (unpaired) electrons. The SMILES string of the molecule is O=Cc1cc(C(O)C(O)CCS)cc(C(F)(F)F)c1. The molecule has 0 aromatic heterocycles. The van der Waals surface area contributed by atoms with Gasteiger partial charge in [-0.15, -0.1) is 0 Å². The molecule has 0 amide bonds. The molecular weight excluding hydrogens is 281 g/mol. The third-order valence-electron chi connectivity index (χ3n) is 2.57. The van der Waals surface area contributed by atoms with Gasteiger partial charge >= 0.3 is 6.18 Å². The van der Waals surface area contributed by atoms with Crippen LogP contribution in [-0.4, -0.2) is 28.4 Å². The molecule has 2 atom stereocenters. The third kappa shape index (κ3) is 4.22. The van der Waals surface area contributed by atoms with E-state index in [-0.39, 0.29) is 29.6 Å². The second-order valence-electron chi connectivity index (χ2n) is 4.03. The lowest BCUT2D eigenvalue weighted by Gasteiger charge is -2.19. The predicted molar refractivity (Wildman–Crippen MR) is 66.3 cm³/mol. The van der Waals surface area contributed by atoms with Gasteiger partial charge in [-0.1, -0.05) is 0 Å². The van der Waals surface area contributed by atoms with Gasteiger partial charge in [0.05, 0.1) is 11.7 Å². The van der Waals surface area contributed by atoms with Gasteiger partial charge in [0.25, 0.3) is 0 Å². The maximum absolute atomic E-state index is 12.6. The second kappa shape index (κ2) is 6.40. The van der Waals surface area contributed by atoms with E-state index < -0.39 is 23.9 Å². The summed E-state index contributed by atoms with van der Waals surface area (Å²) in [5, 5.41) is 19.3. The minimum Gasteiger partial charge on any atom is -0.390 e. The Bertz CT molecular complexity index is 448. The number of rotatable bonds is 5. The van der Waals surface area contributed by atoms with E-state index in [1.807, 2.05) is 0 Å². The summed E-state index contributed by atoms with van der Waals surface area (Å²) in [5.74, 6) is 0.276. The lowest BCUT2D eigenvalue weighted by Crippen LogP contribution is -2.19. The van der Waals surface area contributed by atoms with Crippen LogP contribution >= 0.6 is 12.6 Å². The Balaban J connectivity index is 3.16. The molecule has 0 saturated heterocycles. The van der Waals surface area contributed by atoms with E-state index in [1.54, 1.807) is 0 Å². The molecule has 19 heavy (non-hydrogen) atoms. The van der Waals surface area contributed by atoms with Crippen molar-refractivity contribution >= 4 is 18.9 Å². The first-order valence-corrected chi connectivity index (χ1v) is 6.07. The van der Waals surface area contributed by atoms with Crippen LogP contribution in [-0.2, 0) is 6.18 Å². The average molecular weight is 294 g/mol. The number of benzene rings is 1. The quantitative estimate of drug-likeness (QED) is 0.576. The number of thiol groups is 1. The molecule has 2 unspecified atom stereocenters. The fourth-order valence-electron chi connectivity index (χ4n) is 1.59. The number of aldehydes is 1. The molecule has 1 rings (SSSR count). The van der Waals surface area contributed by atoms with E-state index in [2.05, 4.69) is 12.6 Å². The number of carbonyl (C=O) groups excluding carboxylic acids is 1. The Morgan fingerprint density at radius 3 is 2.37 bits per heavy atom. The number of hydrogen-bond donors (Lipinski definition) is 3. The molecule has 1 aromatic carbocycles. The van der Waals surface area contributed by atoms with Crippen LogP contribution in [0.15, 0.2) is 18.2 Å². The minimum absolute atomic E-state index is 0.122. The first kappa shape index (κ1) is 16.0. The zero-order valence-electron chi connectivity index (χ0n) is 9.76. The molecule has 0 bridgehead atoms. The van der Waals surface area contributed by atoms with Gasteiger partial charge in [-0.25, -0.2) is 0 Å². The van der Waals surface area contributed by atoms with Crippen LogP contribution in [0.2, 0.25) is 0 Å². The summed E-state index contributed by atoms with van der Waals surface area (Å²) in [4.78, 5) is 10.6. The molecule has 3 nitrogen and oxygen atoms in total. The smallest absolute Gasteiger partial charge is 0.390 e. The van der Waals surface area contributed by atoms with Crippen molar-refractivity contribution in [3.05, 3.63) is 34.9 Å². The maximum Gasteiger partial charge on any atom is 0.416 e. The van der Waals surface area contributed by atoms with E-state index in [0.29, 0.717) is 6.07 Å². The summed E-state index contributed by atoms with van der Waals surface area (Å²) in [6.07, 6.45) is -6.97. The van der Waals surface area contributed by atoms with Crippen molar-refractivity contribution in [2.45, 2.75) is 24.8 Å². The van der Waals surface area contributed by atoms with Gasteiger partial charge in [-0.2, -0.15) is 25.8 Å². The summed E-state index contributed by atoms with van der Waals surface area (Å²) < 4.78 is 37.9. The first-order valence-electron chi connectivity index (χ1n) is 5.44. The molecule has 106 valence electrons. The third-order valence-corrected chi connectivity index (χ3v) is 2.83. The van der Waals surface area contributed by atoms with Crippen LogP contribution in [0, 0.1) is 0 Å². The van der Waals surface area contributed by atoms with Crippen molar-refractivity contribution in [2.75, 3.05) is 5.75 Å². The molecule has 0 saturated carbocycles. The van der Waals surface area contributed by atoms with E-state index in [1.165, 1.54) is 0 Å². The molecule has 7 heteroatoms. The van der Waals surface area contributed by atoms with Crippen molar-refractivity contribution < 1.29 is 28.2 Å². The van der Waals surface area contributed by atoms with Crippen LogP contribution in [0.1, 0.15) is 34.0 Å². The fraction of sp³-hybridized carbons (Fsp3) is 0.417. The molecule has 0 spiro atoms. The van der Waals surface area contributed by atoms with Crippen molar-refractivity contribution in [3.63, 3.8) is 0 Å². The molecule has 0 aliphatic carbocycles. The molecule has 1 aromatic rings. The van der Waals surface area contributed by atoms with Gasteiger partial charge in [-0.05, 0) is 35.9 Å². The monoisotopic (exact) mass is 294 g/mol. The van der Waals surface area contributed by atoms with Gasteiger partial charge in [-0.3, -0.25) is 4.79 Å². The summed E-state index contributed by atoms with van der Waals surface area (Å²) in [5.41, 5.74) is -1.39. The largest absolute Gasteiger partial charge is 0.416 e. The van der Waals surface area contributed by atoms with Crippen LogP contribution in [0.25, 0.3) is 0 Å². The first-order chi connectivity index (χ1) is 8.79. The zero-order chi connectivity index (χ0) is 14.6. The predicted octanol–water partition coefficient (Wildman–Crippen LogP) is 2.23. The molecule has 0 fully saturated rings. The second-order valence-corrected chi connectivity index (χ2v) is 4.48. The van der Waals surface area contributed by atoms with Gasteiger partial charge in [0.2, 0.25) is 0 Å². The lowest BCUT2D eigenvalue weighted by molar-refractivity contribution is -0.137. The highest BCUT2D eigenvalue weighted by molar-refractivity contribution is 7.80. The minimum atomic E-state index is -4.62. The number of halogens is 3. The van der Waals surface area contributed by atoms with Crippen LogP contribution in [0.3, 0.4) is 0 Å². The Hall–Kier alpha value is -1.05. The highest BCUT2D eigenvalue weighted by Crippen LogP contribution is 2.32. The van der Waals surface area contributed by atoms with Crippen molar-refractivity contribution in [1.29, 1.82) is 0 Å². The van der Waals surface area contributed by atoms with Crippen molar-refractivity contribution in [2.24, 2.45) is 0 Å². The van der Waals surface area contributed by atoms with Crippen molar-refractivity contribution in [3.8, 4) is 0 Å². The zero-order valence-corrected chi connectivity index (χ0v) is 10.7. The average Bonchev–Trinajstić information content (AvgIpc) is 2.36. The van der Waals surface area contributed by atoms with Gasteiger partial charge in [0, 0.05) is 5.56 Å². The molecule has 0 heterocycles. The molecule has 0 aliphatic heterocycles. The highest BCUT2D eigenvalue weighted by atomic mass is 32.1. The highest BCUT2D eigenvalue weighted by Gasteiger charge is 2.32. The number of carbonyl (C=O) groups is 1. The number of alkyl halides is 3. The Labute approximate surface area is 113 Å². The number of aliphatic hydroxyl groups excluding tert-OH is 2. The Morgan fingerprint density at radius 1 is 1.26 bits per heavy atom. The summed E-state index contributed by atoms with van der Waals surface area (Å²) in [7, 11) is 0. The number of aliphatic hydroxyl groups is 2. The summed E-state index contributed by atoms with van der Waals surface area (Å²) in [6.45, 7) is 0. The van der Waals surface area contributed by atoms with E-state index in [4.69, 9.17) is 0 Å². The molecular formula is C12H13F3O3S. The Kier molecular flexibility index (Phi) is 5.39. The van der Waals surface area contributed by atoms with Crippen LogP contribution in [0.4, 0.5) is 13.2 Å². The Morgan fingerprint density at radius 2 is 1.89 bits per heavy atom. The van der Waals surface area contributed by atoms with Gasteiger partial charge in [0.15, 0.2) is 0 Å². The van der Waals surface area contributed by atoms with Crippen molar-refractivity contribution in [1.82, 2.24) is 0 Å². The number of hydrogen-bond acceptors (Lipinski definition) is 4. The van der Waals surface area contributed by atoms with E-state index in [0.717, 1.165) is 12.1 Å².